The van der Waals surface area contributed by atoms with Crippen LogP contribution < -0.4 is 14.6 Å². The van der Waals surface area contributed by atoms with Gasteiger partial charge in [-0.25, -0.2) is 13.8 Å². The van der Waals surface area contributed by atoms with Crippen LogP contribution in [0.2, 0.25) is 0 Å². The highest BCUT2D eigenvalue weighted by atomic mass is 79.9. The highest BCUT2D eigenvalue weighted by Crippen LogP contribution is 2.25. The van der Waals surface area contributed by atoms with Gasteiger partial charge in [-0.05, 0) is 75.9 Å². The van der Waals surface area contributed by atoms with E-state index in [0.717, 1.165) is 26.9 Å². The SMILES string of the molecule is Cc1ccccc1CN(c1ccc(C(=O)N/N=C\c2ccc(N(C)C)c(Br)c2)cc1)S(C)(=O)=O. The fourth-order valence-electron chi connectivity index (χ4n) is 3.32. The standard InChI is InChI=1S/C25H27BrN4O3S/c1-18-7-5-6-8-21(18)17-30(34(4,32)33)22-12-10-20(11-13-22)25(31)28-27-16-19-9-14-24(29(2)3)23(26)15-19/h5-16H,17H2,1-4H3,(H,28,31)/b27-16-. The van der Waals surface area contributed by atoms with Crippen LogP contribution in [0.15, 0.2) is 76.3 Å². The predicted molar refractivity (Wildman–Crippen MR) is 142 cm³/mol. The van der Waals surface area contributed by atoms with Crippen molar-refractivity contribution in [3.63, 3.8) is 0 Å². The Labute approximate surface area is 209 Å². The van der Waals surface area contributed by atoms with Gasteiger partial charge >= 0.3 is 0 Å². The summed E-state index contributed by atoms with van der Waals surface area (Å²) >= 11 is 3.52. The van der Waals surface area contributed by atoms with E-state index in [0.29, 0.717) is 11.3 Å². The van der Waals surface area contributed by atoms with Crippen molar-refractivity contribution in [3.05, 3.63) is 93.5 Å². The number of nitrogens with zero attached hydrogens (tertiary/aromatic N) is 3. The first-order valence-electron chi connectivity index (χ1n) is 10.5. The summed E-state index contributed by atoms with van der Waals surface area (Å²) in [5.41, 5.74) is 7.14. The molecule has 0 heterocycles. The Morgan fingerprint density at radius 1 is 1.06 bits per heavy atom. The van der Waals surface area contributed by atoms with E-state index in [1.165, 1.54) is 10.6 Å². The van der Waals surface area contributed by atoms with Crippen LogP contribution in [-0.4, -0.2) is 40.9 Å². The monoisotopic (exact) mass is 542 g/mol. The average molecular weight is 543 g/mol. The van der Waals surface area contributed by atoms with Crippen LogP contribution in [0.5, 0.6) is 0 Å². The zero-order chi connectivity index (χ0) is 24.9. The third kappa shape index (κ3) is 6.45. The Bertz CT molecular complexity index is 1310. The molecule has 34 heavy (non-hydrogen) atoms. The maximum Gasteiger partial charge on any atom is 0.271 e. The Balaban J connectivity index is 1.71. The van der Waals surface area contributed by atoms with Crippen molar-refractivity contribution in [1.82, 2.24) is 5.43 Å². The fourth-order valence-corrected chi connectivity index (χ4v) is 4.95. The Morgan fingerprint density at radius 2 is 1.74 bits per heavy atom. The van der Waals surface area contributed by atoms with Gasteiger partial charge in [0.2, 0.25) is 10.0 Å². The Morgan fingerprint density at radius 3 is 2.32 bits per heavy atom. The molecule has 9 heteroatoms. The van der Waals surface area contributed by atoms with Gasteiger partial charge in [0.1, 0.15) is 0 Å². The summed E-state index contributed by atoms with van der Waals surface area (Å²) in [5, 5.41) is 4.03. The quantitative estimate of drug-likeness (QED) is 0.334. The first-order chi connectivity index (χ1) is 16.1. The lowest BCUT2D eigenvalue weighted by molar-refractivity contribution is 0.0955. The highest BCUT2D eigenvalue weighted by molar-refractivity contribution is 9.10. The number of amides is 1. The zero-order valence-corrected chi connectivity index (χ0v) is 21.9. The second-order valence-corrected chi connectivity index (χ2v) is 10.8. The van der Waals surface area contributed by atoms with E-state index in [1.807, 2.05) is 68.4 Å². The molecule has 0 atom stereocenters. The van der Waals surface area contributed by atoms with Crippen molar-refractivity contribution in [3.8, 4) is 0 Å². The molecule has 0 aliphatic rings. The number of hydrogen-bond acceptors (Lipinski definition) is 5. The van der Waals surface area contributed by atoms with Crippen LogP contribution in [0.1, 0.15) is 27.0 Å². The third-order valence-corrected chi connectivity index (χ3v) is 7.00. The minimum atomic E-state index is -3.52. The molecule has 0 radical (unpaired) electrons. The van der Waals surface area contributed by atoms with Crippen molar-refractivity contribution >= 4 is 49.4 Å². The molecule has 0 saturated carbocycles. The van der Waals surface area contributed by atoms with E-state index < -0.39 is 15.9 Å². The summed E-state index contributed by atoms with van der Waals surface area (Å²) in [6, 6.07) is 19.8. The van der Waals surface area contributed by atoms with E-state index in [9.17, 15) is 13.2 Å². The van der Waals surface area contributed by atoms with E-state index in [1.54, 1.807) is 30.5 Å². The highest BCUT2D eigenvalue weighted by Gasteiger charge is 2.19. The number of nitrogens with one attached hydrogen (secondary N) is 1. The number of benzene rings is 3. The van der Waals surface area contributed by atoms with Gasteiger partial charge in [0.15, 0.2) is 0 Å². The fraction of sp³-hybridized carbons (Fsp3) is 0.200. The molecule has 0 aromatic heterocycles. The number of aryl methyl sites for hydroxylation is 1. The molecular weight excluding hydrogens is 516 g/mol. The smallest absolute Gasteiger partial charge is 0.271 e. The van der Waals surface area contributed by atoms with Crippen molar-refractivity contribution in [2.45, 2.75) is 13.5 Å². The van der Waals surface area contributed by atoms with Gasteiger partial charge in [-0.15, -0.1) is 0 Å². The molecule has 0 unspecified atom stereocenters. The average Bonchev–Trinajstić information content (AvgIpc) is 2.77. The predicted octanol–water partition coefficient (Wildman–Crippen LogP) is 4.55. The van der Waals surface area contributed by atoms with Gasteiger partial charge in [-0.2, -0.15) is 5.10 Å². The van der Waals surface area contributed by atoms with Crippen molar-refractivity contribution < 1.29 is 13.2 Å². The number of hydrogen-bond donors (Lipinski definition) is 1. The van der Waals surface area contributed by atoms with Crippen molar-refractivity contribution in [2.75, 3.05) is 29.6 Å². The van der Waals surface area contributed by atoms with Crippen LogP contribution in [0, 0.1) is 6.92 Å². The topological polar surface area (TPSA) is 82.1 Å². The summed E-state index contributed by atoms with van der Waals surface area (Å²) in [5.74, 6) is -0.392. The molecule has 1 amide bonds. The lowest BCUT2D eigenvalue weighted by atomic mass is 10.1. The summed E-state index contributed by atoms with van der Waals surface area (Å²) in [6.45, 7) is 2.16. The normalized spacial score (nSPS) is 11.4. The number of anilines is 2. The van der Waals surface area contributed by atoms with Crippen molar-refractivity contribution in [1.29, 1.82) is 0 Å². The molecule has 3 rings (SSSR count). The second-order valence-electron chi connectivity index (χ2n) is 8.05. The molecule has 0 spiro atoms. The Hall–Kier alpha value is -3.17. The molecule has 0 saturated heterocycles. The summed E-state index contributed by atoms with van der Waals surface area (Å²) in [7, 11) is 0.391. The maximum absolute atomic E-state index is 12.5. The number of rotatable bonds is 8. The van der Waals surface area contributed by atoms with Crippen LogP contribution in [0.25, 0.3) is 0 Å². The first-order valence-corrected chi connectivity index (χ1v) is 13.1. The van der Waals surface area contributed by atoms with Gasteiger partial charge in [-0.3, -0.25) is 9.10 Å². The third-order valence-electron chi connectivity index (χ3n) is 5.23. The van der Waals surface area contributed by atoms with E-state index in [2.05, 4.69) is 26.5 Å². The summed E-state index contributed by atoms with van der Waals surface area (Å²) in [6.07, 6.45) is 2.73. The molecule has 0 fully saturated rings. The number of hydrazone groups is 1. The number of carbonyl (C=O) groups is 1. The van der Waals surface area contributed by atoms with Gasteiger partial charge in [0.05, 0.1) is 30.4 Å². The lowest BCUT2D eigenvalue weighted by Crippen LogP contribution is -2.29. The van der Waals surface area contributed by atoms with E-state index in [4.69, 9.17) is 0 Å². The van der Waals surface area contributed by atoms with E-state index in [-0.39, 0.29) is 6.54 Å². The molecule has 3 aromatic rings. The van der Waals surface area contributed by atoms with E-state index >= 15 is 0 Å². The van der Waals surface area contributed by atoms with Gasteiger partial charge in [0.25, 0.3) is 5.91 Å². The van der Waals surface area contributed by atoms with Crippen LogP contribution in [0.4, 0.5) is 11.4 Å². The van der Waals surface area contributed by atoms with Crippen LogP contribution >= 0.6 is 15.9 Å². The molecule has 7 nitrogen and oxygen atoms in total. The molecule has 3 aromatic carbocycles. The minimum Gasteiger partial charge on any atom is -0.377 e. The molecular formula is C25H27BrN4O3S. The van der Waals surface area contributed by atoms with Crippen molar-refractivity contribution in [2.24, 2.45) is 5.10 Å². The van der Waals surface area contributed by atoms with Crippen LogP contribution in [0.3, 0.4) is 0 Å². The van der Waals surface area contributed by atoms with Gasteiger partial charge < -0.3 is 4.90 Å². The largest absolute Gasteiger partial charge is 0.377 e. The Kier molecular flexibility index (Phi) is 8.11. The lowest BCUT2D eigenvalue weighted by Gasteiger charge is -2.23. The number of halogens is 1. The summed E-state index contributed by atoms with van der Waals surface area (Å²) in [4.78, 5) is 14.5. The molecule has 178 valence electrons. The van der Waals surface area contributed by atoms with Gasteiger partial charge in [-0.1, -0.05) is 30.3 Å². The maximum atomic E-state index is 12.5. The van der Waals surface area contributed by atoms with Gasteiger partial charge in [0, 0.05) is 24.1 Å². The zero-order valence-electron chi connectivity index (χ0n) is 19.5. The first kappa shape index (κ1) is 25.5. The van der Waals surface area contributed by atoms with Crippen LogP contribution in [-0.2, 0) is 16.6 Å². The molecule has 0 aliphatic heterocycles. The molecule has 1 N–H and O–H groups in total. The molecule has 0 aliphatic carbocycles. The minimum absolute atomic E-state index is 0.212. The summed E-state index contributed by atoms with van der Waals surface area (Å²) < 4.78 is 27.1. The second kappa shape index (κ2) is 10.8. The number of sulfonamides is 1. The molecule has 0 bridgehead atoms. The number of carbonyl (C=O) groups excluding carboxylic acids is 1.